The molecule has 0 radical (unpaired) electrons. The standard InChI is InChI=1S/C17H20ClF3N2O5.Na/c1-16(28,17(19,20)21)15(27)23-12-7-6-10(9-11(12)18)14(26)22-8-4-2-3-5-13(24)25;/h6-7,9,28H,2-5,8H2,1H3,(H,22,26)(H,23,27)(H,24,25);/q;+1/p-1/t16-;/m1./s1. The molecule has 0 saturated heterocycles. The normalized spacial score (nSPS) is 13.0. The summed E-state index contributed by atoms with van der Waals surface area (Å²) in [6.07, 6.45) is -3.67. The molecule has 0 bridgehead atoms. The minimum Gasteiger partial charge on any atom is -0.550 e. The van der Waals surface area contributed by atoms with Crippen LogP contribution in [0.4, 0.5) is 18.9 Å². The van der Waals surface area contributed by atoms with Crippen molar-refractivity contribution in [2.24, 2.45) is 0 Å². The number of halogens is 4. The number of carboxylic acid groups (broad SMARTS) is 1. The van der Waals surface area contributed by atoms with Gasteiger partial charge in [-0.1, -0.05) is 18.0 Å². The number of amides is 2. The van der Waals surface area contributed by atoms with Crippen molar-refractivity contribution < 1.29 is 67.3 Å². The summed E-state index contributed by atoms with van der Waals surface area (Å²) in [6.45, 7) is 0.599. The zero-order valence-electron chi connectivity index (χ0n) is 15.9. The van der Waals surface area contributed by atoms with E-state index in [1.165, 1.54) is 6.07 Å². The molecule has 0 saturated carbocycles. The molecule has 0 aromatic heterocycles. The van der Waals surface area contributed by atoms with Crippen LogP contribution in [-0.2, 0) is 9.59 Å². The Kier molecular flexibility index (Phi) is 11.2. The Balaban J connectivity index is 0.00000784. The van der Waals surface area contributed by atoms with E-state index in [0.29, 0.717) is 26.2 Å². The summed E-state index contributed by atoms with van der Waals surface area (Å²) < 4.78 is 38.0. The maximum absolute atomic E-state index is 12.7. The zero-order chi connectivity index (χ0) is 21.5. The van der Waals surface area contributed by atoms with Crippen LogP contribution in [0.5, 0.6) is 0 Å². The maximum atomic E-state index is 12.7. The minimum absolute atomic E-state index is 0. The van der Waals surface area contributed by atoms with Gasteiger partial charge in [-0.3, -0.25) is 9.59 Å². The SMILES string of the molecule is C[C@@](O)(C(=O)Nc1ccc(C(=O)NCCCCCC(=O)[O-])cc1Cl)C(F)(F)F.[Na+]. The van der Waals surface area contributed by atoms with Crippen molar-refractivity contribution in [1.82, 2.24) is 5.32 Å². The van der Waals surface area contributed by atoms with E-state index in [0.717, 1.165) is 12.1 Å². The number of carbonyl (C=O) groups excluding carboxylic acids is 3. The first kappa shape index (κ1) is 27.7. The van der Waals surface area contributed by atoms with Gasteiger partial charge in [-0.05, 0) is 44.4 Å². The van der Waals surface area contributed by atoms with E-state index >= 15 is 0 Å². The molecule has 29 heavy (non-hydrogen) atoms. The maximum Gasteiger partial charge on any atom is 1.00 e. The van der Waals surface area contributed by atoms with Crippen LogP contribution in [0.25, 0.3) is 0 Å². The van der Waals surface area contributed by atoms with Crippen LogP contribution in [-0.4, -0.2) is 41.2 Å². The Bertz CT molecular complexity index is 744. The van der Waals surface area contributed by atoms with Gasteiger partial charge in [0.2, 0.25) is 5.60 Å². The number of rotatable bonds is 9. The molecule has 0 spiro atoms. The van der Waals surface area contributed by atoms with Gasteiger partial charge in [-0.2, -0.15) is 13.2 Å². The van der Waals surface area contributed by atoms with Gasteiger partial charge in [-0.25, -0.2) is 0 Å². The van der Waals surface area contributed by atoms with Gasteiger partial charge in [-0.15, -0.1) is 0 Å². The van der Waals surface area contributed by atoms with Crippen molar-refractivity contribution in [3.8, 4) is 0 Å². The molecule has 1 aromatic rings. The number of hydrogen-bond acceptors (Lipinski definition) is 5. The zero-order valence-corrected chi connectivity index (χ0v) is 18.6. The summed E-state index contributed by atoms with van der Waals surface area (Å²) in [5, 5.41) is 23.9. The molecule has 1 atom stereocenters. The molecule has 7 nitrogen and oxygen atoms in total. The van der Waals surface area contributed by atoms with E-state index in [9.17, 15) is 37.8 Å². The van der Waals surface area contributed by atoms with E-state index in [1.807, 2.05) is 5.32 Å². The summed E-state index contributed by atoms with van der Waals surface area (Å²) in [4.78, 5) is 33.9. The number of anilines is 1. The number of alkyl halides is 3. The predicted octanol–water partition coefficient (Wildman–Crippen LogP) is -1.36. The van der Waals surface area contributed by atoms with E-state index in [4.69, 9.17) is 11.6 Å². The van der Waals surface area contributed by atoms with Crippen LogP contribution in [0.2, 0.25) is 5.02 Å². The van der Waals surface area contributed by atoms with Crippen molar-refractivity contribution in [1.29, 1.82) is 0 Å². The van der Waals surface area contributed by atoms with Crippen LogP contribution < -0.4 is 45.3 Å². The Morgan fingerprint density at radius 2 is 1.79 bits per heavy atom. The monoisotopic (exact) mass is 446 g/mol. The number of aliphatic hydroxyl groups is 1. The smallest absolute Gasteiger partial charge is 0.550 e. The van der Waals surface area contributed by atoms with Gasteiger partial charge in [0.05, 0.1) is 10.7 Å². The van der Waals surface area contributed by atoms with Crippen molar-refractivity contribution in [3.05, 3.63) is 28.8 Å². The first-order valence-corrected chi connectivity index (χ1v) is 8.62. The van der Waals surface area contributed by atoms with E-state index in [1.54, 1.807) is 0 Å². The quantitative estimate of drug-likeness (QED) is 0.320. The minimum atomic E-state index is -5.18. The van der Waals surface area contributed by atoms with Crippen molar-refractivity contribution >= 4 is 35.1 Å². The van der Waals surface area contributed by atoms with Gasteiger partial charge >= 0.3 is 35.7 Å². The Labute approximate surface area is 192 Å². The number of carbonyl (C=O) groups is 3. The van der Waals surface area contributed by atoms with Crippen LogP contribution >= 0.6 is 11.6 Å². The fourth-order valence-electron chi connectivity index (χ4n) is 2.01. The number of nitrogens with one attached hydrogen (secondary N) is 2. The van der Waals surface area contributed by atoms with E-state index < -0.39 is 29.6 Å². The van der Waals surface area contributed by atoms with Crippen LogP contribution in [0.1, 0.15) is 43.0 Å². The van der Waals surface area contributed by atoms with Crippen LogP contribution in [0.15, 0.2) is 18.2 Å². The third-order valence-corrected chi connectivity index (χ3v) is 4.13. The molecule has 3 N–H and O–H groups in total. The molecule has 156 valence electrons. The van der Waals surface area contributed by atoms with Crippen molar-refractivity contribution in [3.63, 3.8) is 0 Å². The summed E-state index contributed by atoms with van der Waals surface area (Å²) in [5.74, 6) is -3.35. The third kappa shape index (κ3) is 8.51. The molecule has 1 aromatic carbocycles. The number of benzene rings is 1. The first-order chi connectivity index (χ1) is 12.9. The summed E-state index contributed by atoms with van der Waals surface area (Å²) >= 11 is 5.89. The molecule has 0 fully saturated rings. The van der Waals surface area contributed by atoms with Gasteiger partial charge in [0.1, 0.15) is 0 Å². The Morgan fingerprint density at radius 3 is 2.31 bits per heavy atom. The number of hydrogen-bond donors (Lipinski definition) is 3. The summed E-state index contributed by atoms with van der Waals surface area (Å²) in [6, 6.07) is 3.54. The fraction of sp³-hybridized carbons (Fsp3) is 0.471. The van der Waals surface area contributed by atoms with Gasteiger partial charge in [0.25, 0.3) is 11.8 Å². The summed E-state index contributed by atoms with van der Waals surface area (Å²) in [5.41, 5.74) is -3.70. The first-order valence-electron chi connectivity index (χ1n) is 8.24. The second kappa shape index (κ2) is 11.8. The van der Waals surface area contributed by atoms with E-state index in [2.05, 4.69) is 5.32 Å². The molecular formula is C17H19ClF3N2NaO5. The van der Waals surface area contributed by atoms with Gasteiger partial charge in [0.15, 0.2) is 0 Å². The average molecular weight is 447 g/mol. The van der Waals surface area contributed by atoms with Crippen molar-refractivity contribution in [2.45, 2.75) is 44.4 Å². The predicted molar refractivity (Wildman–Crippen MR) is 92.6 cm³/mol. The molecule has 0 aliphatic carbocycles. The Morgan fingerprint density at radius 1 is 1.17 bits per heavy atom. The van der Waals surface area contributed by atoms with Crippen molar-refractivity contribution in [2.75, 3.05) is 11.9 Å². The molecule has 0 heterocycles. The number of carboxylic acids is 1. The largest absolute Gasteiger partial charge is 1.00 e. The van der Waals surface area contributed by atoms with Crippen LogP contribution in [0, 0.1) is 0 Å². The average Bonchev–Trinajstić information content (AvgIpc) is 2.58. The van der Waals surface area contributed by atoms with Gasteiger partial charge < -0.3 is 25.6 Å². The molecule has 0 unspecified atom stereocenters. The van der Waals surface area contributed by atoms with Gasteiger partial charge in [0, 0.05) is 18.1 Å². The molecule has 1 rings (SSSR count). The van der Waals surface area contributed by atoms with E-state index in [-0.39, 0.29) is 58.8 Å². The summed E-state index contributed by atoms with van der Waals surface area (Å²) in [7, 11) is 0. The molecule has 2 amide bonds. The number of aliphatic carboxylic acids is 1. The number of unbranched alkanes of at least 4 members (excludes halogenated alkanes) is 2. The second-order valence-electron chi connectivity index (χ2n) is 6.16. The second-order valence-corrected chi connectivity index (χ2v) is 6.56. The topological polar surface area (TPSA) is 119 Å². The molecule has 12 heteroatoms. The molecule has 0 aliphatic rings. The Hall–Kier alpha value is -1.33. The molecule has 0 aliphatic heterocycles. The fourth-order valence-corrected chi connectivity index (χ4v) is 2.23. The third-order valence-electron chi connectivity index (χ3n) is 3.82. The molecular weight excluding hydrogens is 428 g/mol. The van der Waals surface area contributed by atoms with Crippen LogP contribution in [0.3, 0.4) is 0 Å².